The molecule has 0 aromatic heterocycles. The molecule has 0 radical (unpaired) electrons. The highest BCUT2D eigenvalue weighted by Gasteiger charge is 2.58. The quantitative estimate of drug-likeness (QED) is 0.525. The molecule has 0 amide bonds. The van der Waals surface area contributed by atoms with Gasteiger partial charge < -0.3 is 20.4 Å². The summed E-state index contributed by atoms with van der Waals surface area (Å²) < 4.78 is 0. The highest BCUT2D eigenvalue weighted by Crippen LogP contribution is 2.39. The minimum Gasteiger partial charge on any atom is -0.387 e. The van der Waals surface area contributed by atoms with Crippen molar-refractivity contribution in [1.29, 1.82) is 0 Å². The summed E-state index contributed by atoms with van der Waals surface area (Å²) in [6.07, 6.45) is 0. The summed E-state index contributed by atoms with van der Waals surface area (Å²) in [6, 6.07) is 0. The highest BCUT2D eigenvalue weighted by atomic mass is 16.4. The third-order valence-corrected chi connectivity index (χ3v) is 3.33. The average Bonchev–Trinajstić information content (AvgIpc) is 1.81. The Bertz CT molecular complexity index is 181. The van der Waals surface area contributed by atoms with Gasteiger partial charge in [-0.2, -0.15) is 0 Å². The maximum Gasteiger partial charge on any atom is 0.121 e. The largest absolute Gasteiger partial charge is 0.387 e. The molecule has 0 saturated carbocycles. The Morgan fingerprint density at radius 3 is 0.714 bits per heavy atom. The zero-order valence-corrected chi connectivity index (χ0v) is 9.79. The summed E-state index contributed by atoms with van der Waals surface area (Å²) in [4.78, 5) is 0. The van der Waals surface area contributed by atoms with E-state index in [1.165, 1.54) is 41.5 Å². The molecule has 0 heterocycles. The monoisotopic (exact) mass is 206 g/mol. The van der Waals surface area contributed by atoms with E-state index in [-0.39, 0.29) is 0 Å². The maximum absolute atomic E-state index is 10.1. The summed E-state index contributed by atoms with van der Waals surface area (Å²) in [5, 5.41) is 39.6. The van der Waals surface area contributed by atoms with Gasteiger partial charge >= 0.3 is 0 Å². The average molecular weight is 206 g/mol. The Kier molecular flexibility index (Phi) is 3.13. The van der Waals surface area contributed by atoms with E-state index in [2.05, 4.69) is 0 Å². The smallest absolute Gasteiger partial charge is 0.121 e. The van der Waals surface area contributed by atoms with Gasteiger partial charge in [-0.1, -0.05) is 0 Å². The molecule has 4 nitrogen and oxygen atoms in total. The summed E-state index contributed by atoms with van der Waals surface area (Å²) in [7, 11) is 0. The first-order valence-corrected chi connectivity index (χ1v) is 4.64. The van der Waals surface area contributed by atoms with E-state index in [1.807, 2.05) is 0 Å². The van der Waals surface area contributed by atoms with Crippen LogP contribution in [0.4, 0.5) is 0 Å². The Morgan fingerprint density at radius 1 is 0.500 bits per heavy atom. The van der Waals surface area contributed by atoms with Crippen LogP contribution >= 0.6 is 0 Å². The Balaban J connectivity index is 5.30. The van der Waals surface area contributed by atoms with E-state index < -0.39 is 22.4 Å². The zero-order valence-electron chi connectivity index (χ0n) is 9.79. The van der Waals surface area contributed by atoms with Crippen molar-refractivity contribution in [2.24, 2.45) is 0 Å². The lowest BCUT2D eigenvalue weighted by Gasteiger charge is -2.51. The molecule has 0 aliphatic carbocycles. The van der Waals surface area contributed by atoms with Gasteiger partial charge in [0, 0.05) is 0 Å². The van der Waals surface area contributed by atoms with Crippen LogP contribution in [0.3, 0.4) is 0 Å². The van der Waals surface area contributed by atoms with Crippen molar-refractivity contribution >= 4 is 0 Å². The van der Waals surface area contributed by atoms with Crippen molar-refractivity contribution in [3.63, 3.8) is 0 Å². The van der Waals surface area contributed by atoms with Gasteiger partial charge in [0.15, 0.2) is 0 Å². The van der Waals surface area contributed by atoms with E-state index >= 15 is 0 Å². The fourth-order valence-electron chi connectivity index (χ4n) is 1.19. The van der Waals surface area contributed by atoms with Crippen LogP contribution in [0.5, 0.6) is 0 Å². The van der Waals surface area contributed by atoms with Crippen LogP contribution in [-0.4, -0.2) is 42.8 Å². The third-order valence-electron chi connectivity index (χ3n) is 3.33. The first-order valence-electron chi connectivity index (χ1n) is 4.64. The molecular formula is C10H22O4. The van der Waals surface area contributed by atoms with Crippen LogP contribution in [0.2, 0.25) is 0 Å². The topological polar surface area (TPSA) is 80.9 Å². The molecule has 2 unspecified atom stereocenters. The van der Waals surface area contributed by atoms with E-state index in [9.17, 15) is 20.4 Å². The lowest BCUT2D eigenvalue weighted by molar-refractivity contribution is -0.271. The van der Waals surface area contributed by atoms with E-state index in [0.717, 1.165) is 0 Å². The third kappa shape index (κ3) is 1.93. The van der Waals surface area contributed by atoms with Gasteiger partial charge in [0.1, 0.15) is 11.2 Å². The molecule has 0 fully saturated rings. The molecule has 14 heavy (non-hydrogen) atoms. The second-order valence-corrected chi connectivity index (χ2v) is 5.26. The Morgan fingerprint density at radius 2 is 0.643 bits per heavy atom. The second-order valence-electron chi connectivity index (χ2n) is 5.26. The van der Waals surface area contributed by atoms with E-state index in [0.29, 0.717) is 0 Å². The Labute approximate surface area is 85.2 Å². The van der Waals surface area contributed by atoms with Crippen LogP contribution in [0.1, 0.15) is 41.5 Å². The molecule has 0 aromatic carbocycles. The van der Waals surface area contributed by atoms with Crippen molar-refractivity contribution in [3.8, 4) is 0 Å². The van der Waals surface area contributed by atoms with Crippen LogP contribution in [0.15, 0.2) is 0 Å². The molecule has 0 spiro atoms. The highest BCUT2D eigenvalue weighted by molar-refractivity contribution is 5.10. The molecule has 0 rings (SSSR count). The molecule has 86 valence electrons. The van der Waals surface area contributed by atoms with E-state index in [1.54, 1.807) is 0 Å². The minimum atomic E-state index is -1.82. The first kappa shape index (κ1) is 13.8. The summed E-state index contributed by atoms with van der Waals surface area (Å²) in [5.74, 6) is 0. The fraction of sp³-hybridized carbons (Fsp3) is 1.00. The Hall–Kier alpha value is -0.160. The summed E-state index contributed by atoms with van der Waals surface area (Å²) in [6.45, 7) is 8.12. The van der Waals surface area contributed by atoms with Crippen LogP contribution in [0, 0.1) is 0 Å². The lowest BCUT2D eigenvalue weighted by atomic mass is 9.67. The van der Waals surface area contributed by atoms with Gasteiger partial charge in [-0.15, -0.1) is 0 Å². The van der Waals surface area contributed by atoms with Crippen molar-refractivity contribution < 1.29 is 20.4 Å². The van der Waals surface area contributed by atoms with E-state index in [4.69, 9.17) is 0 Å². The predicted octanol–water partition coefficient (Wildman–Crippen LogP) is 0.0302. The summed E-state index contributed by atoms with van der Waals surface area (Å²) >= 11 is 0. The zero-order chi connectivity index (χ0) is 12.0. The molecule has 0 aliphatic heterocycles. The van der Waals surface area contributed by atoms with Gasteiger partial charge in [0.25, 0.3) is 0 Å². The number of rotatable bonds is 3. The molecule has 0 aliphatic rings. The van der Waals surface area contributed by atoms with Gasteiger partial charge in [0.2, 0.25) is 0 Å². The molecule has 2 atom stereocenters. The standard InChI is InChI=1S/C10H22O4/c1-7(2,11)9(5,13)10(6,14)8(3,4)12/h11-14H,1-6H3. The van der Waals surface area contributed by atoms with Crippen molar-refractivity contribution in [2.45, 2.75) is 63.9 Å². The number of hydrogen-bond acceptors (Lipinski definition) is 4. The molecular weight excluding hydrogens is 184 g/mol. The molecule has 4 N–H and O–H groups in total. The van der Waals surface area contributed by atoms with Crippen LogP contribution in [0.25, 0.3) is 0 Å². The van der Waals surface area contributed by atoms with Crippen molar-refractivity contribution in [2.75, 3.05) is 0 Å². The second kappa shape index (κ2) is 3.17. The lowest BCUT2D eigenvalue weighted by Crippen LogP contribution is -2.70. The minimum absolute atomic E-state index is 1.30. The van der Waals surface area contributed by atoms with Crippen molar-refractivity contribution in [3.05, 3.63) is 0 Å². The molecule has 4 heteroatoms. The molecule has 0 saturated heterocycles. The van der Waals surface area contributed by atoms with Crippen LogP contribution < -0.4 is 0 Å². The van der Waals surface area contributed by atoms with Crippen molar-refractivity contribution in [1.82, 2.24) is 0 Å². The van der Waals surface area contributed by atoms with Crippen LogP contribution in [-0.2, 0) is 0 Å². The van der Waals surface area contributed by atoms with Gasteiger partial charge in [-0.25, -0.2) is 0 Å². The van der Waals surface area contributed by atoms with Gasteiger partial charge in [0.05, 0.1) is 11.2 Å². The van der Waals surface area contributed by atoms with Gasteiger partial charge in [-0.3, -0.25) is 0 Å². The predicted molar refractivity (Wildman–Crippen MR) is 53.8 cm³/mol. The number of aliphatic hydroxyl groups is 4. The molecule has 0 bridgehead atoms. The molecule has 0 aromatic rings. The summed E-state index contributed by atoms with van der Waals surface area (Å²) in [5.41, 5.74) is -6.68. The SMILES string of the molecule is CC(C)(O)C(C)(O)C(C)(O)C(C)(C)O. The normalized spacial score (nSPS) is 22.7. The fourth-order valence-corrected chi connectivity index (χ4v) is 1.19. The van der Waals surface area contributed by atoms with Gasteiger partial charge in [-0.05, 0) is 41.5 Å². The maximum atomic E-state index is 10.1. The number of hydrogen-bond donors (Lipinski definition) is 4. The first-order chi connectivity index (χ1) is 5.75.